The Hall–Kier alpha value is -1.31. The van der Waals surface area contributed by atoms with E-state index in [1.54, 1.807) is 0 Å². The molecule has 0 aliphatic heterocycles. The second-order valence-electron chi connectivity index (χ2n) is 4.66. The molecule has 2 heteroatoms. The van der Waals surface area contributed by atoms with E-state index in [4.69, 9.17) is 4.52 Å². The van der Waals surface area contributed by atoms with Crippen molar-refractivity contribution in [2.24, 2.45) is 0 Å². The van der Waals surface area contributed by atoms with Crippen LogP contribution in [0, 0.1) is 0 Å². The van der Waals surface area contributed by atoms with E-state index in [1.165, 1.54) is 11.1 Å². The Labute approximate surface area is 90.3 Å². The lowest BCUT2D eigenvalue weighted by Crippen LogP contribution is -1.93. The summed E-state index contributed by atoms with van der Waals surface area (Å²) < 4.78 is 5.25. The summed E-state index contributed by atoms with van der Waals surface area (Å²) in [7, 11) is 0. The van der Waals surface area contributed by atoms with Crippen LogP contribution in [0.25, 0.3) is 11.0 Å². The Balaban J connectivity index is 2.69. The van der Waals surface area contributed by atoms with Gasteiger partial charge in [0.15, 0.2) is 5.58 Å². The van der Waals surface area contributed by atoms with Crippen molar-refractivity contribution < 1.29 is 4.52 Å². The van der Waals surface area contributed by atoms with Crippen molar-refractivity contribution in [1.82, 2.24) is 5.16 Å². The molecule has 0 N–H and O–H groups in total. The standard InChI is InChI=1S/C13H17NO/c1-8(2)10-5-11(9(3)4)12-7-14-15-13(12)6-10/h5-9H,1-4H3. The van der Waals surface area contributed by atoms with E-state index in [9.17, 15) is 0 Å². The second kappa shape index (κ2) is 3.69. The van der Waals surface area contributed by atoms with Crippen LogP contribution in [0.15, 0.2) is 22.9 Å². The lowest BCUT2D eigenvalue weighted by Gasteiger charge is -2.11. The van der Waals surface area contributed by atoms with Crippen LogP contribution in [-0.4, -0.2) is 5.16 Å². The van der Waals surface area contributed by atoms with E-state index >= 15 is 0 Å². The van der Waals surface area contributed by atoms with E-state index < -0.39 is 0 Å². The van der Waals surface area contributed by atoms with Crippen molar-refractivity contribution in [1.29, 1.82) is 0 Å². The van der Waals surface area contributed by atoms with Gasteiger partial charge in [0.1, 0.15) is 0 Å². The molecular formula is C13H17NO. The first kappa shape index (κ1) is 10.2. The minimum absolute atomic E-state index is 0.505. The van der Waals surface area contributed by atoms with Gasteiger partial charge in [0.2, 0.25) is 0 Å². The average Bonchev–Trinajstić information content (AvgIpc) is 2.62. The molecule has 0 saturated carbocycles. The number of fused-ring (bicyclic) bond motifs is 1. The smallest absolute Gasteiger partial charge is 0.167 e. The molecule has 15 heavy (non-hydrogen) atoms. The first-order valence-electron chi connectivity index (χ1n) is 5.48. The summed E-state index contributed by atoms with van der Waals surface area (Å²) in [5.41, 5.74) is 3.56. The molecule has 0 atom stereocenters. The average molecular weight is 203 g/mol. The van der Waals surface area contributed by atoms with Crippen molar-refractivity contribution in [2.45, 2.75) is 39.5 Å². The van der Waals surface area contributed by atoms with E-state index in [0.717, 1.165) is 11.0 Å². The van der Waals surface area contributed by atoms with Crippen LogP contribution in [0.2, 0.25) is 0 Å². The van der Waals surface area contributed by atoms with Crippen LogP contribution in [-0.2, 0) is 0 Å². The number of benzene rings is 1. The summed E-state index contributed by atoms with van der Waals surface area (Å²) in [5, 5.41) is 5.02. The highest BCUT2D eigenvalue weighted by Crippen LogP contribution is 2.29. The molecule has 0 spiro atoms. The zero-order chi connectivity index (χ0) is 11.0. The predicted octanol–water partition coefficient (Wildman–Crippen LogP) is 4.07. The lowest BCUT2D eigenvalue weighted by atomic mass is 9.93. The maximum Gasteiger partial charge on any atom is 0.167 e. The molecule has 0 radical (unpaired) electrons. The largest absolute Gasteiger partial charge is 0.356 e. The Morgan fingerprint density at radius 3 is 2.40 bits per heavy atom. The Kier molecular flexibility index (Phi) is 2.51. The minimum atomic E-state index is 0.505. The van der Waals surface area contributed by atoms with Crippen LogP contribution in [0.3, 0.4) is 0 Å². The molecule has 0 amide bonds. The molecule has 2 nitrogen and oxygen atoms in total. The third-order valence-electron chi connectivity index (χ3n) is 2.82. The van der Waals surface area contributed by atoms with E-state index in [2.05, 4.69) is 45.0 Å². The SMILES string of the molecule is CC(C)c1cc(C(C)C)c2cnoc2c1. The first-order valence-corrected chi connectivity index (χ1v) is 5.48. The fraction of sp³-hybridized carbons (Fsp3) is 0.462. The number of hydrogen-bond acceptors (Lipinski definition) is 2. The van der Waals surface area contributed by atoms with Crippen molar-refractivity contribution in [3.63, 3.8) is 0 Å². The molecule has 0 aliphatic carbocycles. The van der Waals surface area contributed by atoms with Gasteiger partial charge in [-0.1, -0.05) is 38.9 Å². The maximum atomic E-state index is 5.25. The summed E-state index contributed by atoms with van der Waals surface area (Å²) in [4.78, 5) is 0. The molecule has 0 fully saturated rings. The highest BCUT2D eigenvalue weighted by Gasteiger charge is 2.11. The van der Waals surface area contributed by atoms with Gasteiger partial charge < -0.3 is 4.52 Å². The third kappa shape index (κ3) is 1.76. The van der Waals surface area contributed by atoms with Gasteiger partial charge in [-0.3, -0.25) is 0 Å². The van der Waals surface area contributed by atoms with Gasteiger partial charge >= 0.3 is 0 Å². The molecular weight excluding hydrogens is 186 g/mol. The van der Waals surface area contributed by atoms with E-state index in [1.807, 2.05) is 6.20 Å². The molecule has 1 aromatic carbocycles. The Morgan fingerprint density at radius 1 is 1.07 bits per heavy atom. The summed E-state index contributed by atoms with van der Waals surface area (Å²) in [5.74, 6) is 1.03. The van der Waals surface area contributed by atoms with Gasteiger partial charge in [0.25, 0.3) is 0 Å². The summed E-state index contributed by atoms with van der Waals surface area (Å²) >= 11 is 0. The molecule has 2 rings (SSSR count). The minimum Gasteiger partial charge on any atom is -0.356 e. The zero-order valence-corrected chi connectivity index (χ0v) is 9.74. The number of aromatic nitrogens is 1. The molecule has 0 bridgehead atoms. The topological polar surface area (TPSA) is 26.0 Å². The van der Waals surface area contributed by atoms with Crippen LogP contribution in [0.4, 0.5) is 0 Å². The fourth-order valence-corrected chi connectivity index (χ4v) is 1.83. The molecule has 0 unspecified atom stereocenters. The summed E-state index contributed by atoms with van der Waals surface area (Å²) in [6, 6.07) is 4.37. The monoisotopic (exact) mass is 203 g/mol. The van der Waals surface area contributed by atoms with Crippen molar-refractivity contribution in [2.75, 3.05) is 0 Å². The summed E-state index contributed by atoms with van der Waals surface area (Å²) in [6.07, 6.45) is 1.81. The molecule has 80 valence electrons. The van der Waals surface area contributed by atoms with E-state index in [-0.39, 0.29) is 0 Å². The maximum absolute atomic E-state index is 5.25. The molecule has 1 aromatic heterocycles. The number of nitrogens with zero attached hydrogens (tertiary/aromatic N) is 1. The van der Waals surface area contributed by atoms with Crippen LogP contribution < -0.4 is 0 Å². The van der Waals surface area contributed by atoms with Gasteiger partial charge in [-0.05, 0) is 29.0 Å². The highest BCUT2D eigenvalue weighted by molar-refractivity contribution is 5.81. The first-order chi connectivity index (χ1) is 7.09. The van der Waals surface area contributed by atoms with E-state index in [0.29, 0.717) is 11.8 Å². The lowest BCUT2D eigenvalue weighted by molar-refractivity contribution is 0.456. The number of rotatable bonds is 2. The molecule has 0 saturated heterocycles. The van der Waals surface area contributed by atoms with Crippen LogP contribution in [0.1, 0.15) is 50.7 Å². The number of hydrogen-bond donors (Lipinski definition) is 0. The molecule has 2 aromatic rings. The molecule has 0 aliphatic rings. The van der Waals surface area contributed by atoms with Crippen molar-refractivity contribution in [3.05, 3.63) is 29.5 Å². The van der Waals surface area contributed by atoms with Gasteiger partial charge in [-0.2, -0.15) is 0 Å². The molecule has 1 heterocycles. The van der Waals surface area contributed by atoms with Crippen LogP contribution >= 0.6 is 0 Å². The second-order valence-corrected chi connectivity index (χ2v) is 4.66. The quantitative estimate of drug-likeness (QED) is 0.735. The Bertz CT molecular complexity index is 468. The van der Waals surface area contributed by atoms with Gasteiger partial charge in [0, 0.05) is 5.39 Å². The fourth-order valence-electron chi connectivity index (χ4n) is 1.83. The normalized spacial score (nSPS) is 11.9. The van der Waals surface area contributed by atoms with Gasteiger partial charge in [-0.25, -0.2) is 0 Å². The zero-order valence-electron chi connectivity index (χ0n) is 9.74. The highest BCUT2D eigenvalue weighted by atomic mass is 16.5. The predicted molar refractivity (Wildman–Crippen MR) is 62.2 cm³/mol. The third-order valence-corrected chi connectivity index (χ3v) is 2.82. The van der Waals surface area contributed by atoms with Crippen LogP contribution in [0.5, 0.6) is 0 Å². The van der Waals surface area contributed by atoms with Crippen molar-refractivity contribution >= 4 is 11.0 Å². The summed E-state index contributed by atoms with van der Waals surface area (Å²) in [6.45, 7) is 8.79. The Morgan fingerprint density at radius 2 is 1.80 bits per heavy atom. The van der Waals surface area contributed by atoms with Gasteiger partial charge in [0.05, 0.1) is 6.20 Å². The van der Waals surface area contributed by atoms with Gasteiger partial charge in [-0.15, -0.1) is 0 Å². The van der Waals surface area contributed by atoms with Crippen molar-refractivity contribution in [3.8, 4) is 0 Å².